The fourth-order valence-electron chi connectivity index (χ4n) is 3.91. The summed E-state index contributed by atoms with van der Waals surface area (Å²) in [6.07, 6.45) is 1.50. The van der Waals surface area contributed by atoms with Crippen molar-refractivity contribution < 1.29 is 38.5 Å². The van der Waals surface area contributed by atoms with Crippen LogP contribution >= 0.6 is 23.4 Å². The number of ether oxygens (including phenoxy) is 3. The van der Waals surface area contributed by atoms with Crippen molar-refractivity contribution in [2.45, 2.75) is 20.5 Å². The quantitative estimate of drug-likeness (QED) is 0.234. The van der Waals surface area contributed by atoms with Crippen molar-refractivity contribution >= 4 is 58.1 Å². The van der Waals surface area contributed by atoms with E-state index in [2.05, 4.69) is 5.32 Å². The molecule has 0 unspecified atom stereocenters. The highest BCUT2D eigenvalue weighted by Gasteiger charge is 2.36. The van der Waals surface area contributed by atoms with Crippen molar-refractivity contribution in [2.75, 3.05) is 25.1 Å². The van der Waals surface area contributed by atoms with E-state index in [0.29, 0.717) is 36.0 Å². The van der Waals surface area contributed by atoms with E-state index in [1.165, 1.54) is 18.2 Å². The standard InChI is InChI=1S/C30H27ClN2O8S/c1-3-39-22-11-9-21(10-12-22)32-26(34)16-33-28(35)25(42-30(33)38)15-19-13-23(31)27(24(14-19)40-4-2)41-17-18-5-7-20(8-6-18)29(36)37/h5-15H,3-4,16-17H2,1-2H3,(H,32,34)(H,36,37)/b25-15+. The third kappa shape index (κ3) is 7.62. The first-order valence-corrected chi connectivity index (χ1v) is 14.1. The molecule has 1 aliphatic rings. The number of rotatable bonds is 12. The first-order chi connectivity index (χ1) is 20.2. The molecule has 1 fully saturated rings. The minimum absolute atomic E-state index is 0.108. The van der Waals surface area contributed by atoms with Crippen LogP contribution < -0.4 is 19.5 Å². The average molecular weight is 611 g/mol. The van der Waals surface area contributed by atoms with Crippen molar-refractivity contribution in [1.29, 1.82) is 0 Å². The summed E-state index contributed by atoms with van der Waals surface area (Å²) in [5.74, 6) is -0.894. The van der Waals surface area contributed by atoms with Gasteiger partial charge in [-0.05, 0) is 91.3 Å². The summed E-state index contributed by atoms with van der Waals surface area (Å²) >= 11 is 7.23. The summed E-state index contributed by atoms with van der Waals surface area (Å²) in [6.45, 7) is 4.15. The highest BCUT2D eigenvalue weighted by Crippen LogP contribution is 2.39. The third-order valence-corrected chi connectivity index (χ3v) is 7.03. The van der Waals surface area contributed by atoms with Crippen LogP contribution in [0.2, 0.25) is 5.02 Å². The number of hydrogen-bond acceptors (Lipinski definition) is 8. The zero-order valence-corrected chi connectivity index (χ0v) is 24.3. The van der Waals surface area contributed by atoms with Gasteiger partial charge in [0.25, 0.3) is 11.1 Å². The first kappa shape index (κ1) is 30.5. The van der Waals surface area contributed by atoms with Gasteiger partial charge in [0.1, 0.15) is 18.9 Å². The summed E-state index contributed by atoms with van der Waals surface area (Å²) in [5, 5.41) is 11.4. The lowest BCUT2D eigenvalue weighted by Gasteiger charge is -2.15. The van der Waals surface area contributed by atoms with E-state index in [1.54, 1.807) is 55.5 Å². The van der Waals surface area contributed by atoms with Crippen LogP contribution in [-0.4, -0.2) is 52.8 Å². The van der Waals surface area contributed by atoms with E-state index < -0.39 is 29.6 Å². The molecule has 4 rings (SSSR count). The Hall–Kier alpha value is -4.48. The topological polar surface area (TPSA) is 131 Å². The van der Waals surface area contributed by atoms with Gasteiger partial charge in [-0.25, -0.2) is 4.79 Å². The number of carbonyl (C=O) groups excluding carboxylic acids is 3. The number of carbonyl (C=O) groups is 4. The Labute approximate surface area is 251 Å². The van der Waals surface area contributed by atoms with Crippen LogP contribution in [0.5, 0.6) is 17.2 Å². The van der Waals surface area contributed by atoms with Crippen LogP contribution in [-0.2, 0) is 16.2 Å². The summed E-state index contributed by atoms with van der Waals surface area (Å²) in [6, 6.07) is 16.2. The summed E-state index contributed by atoms with van der Waals surface area (Å²) < 4.78 is 17.0. The van der Waals surface area contributed by atoms with Crippen LogP contribution in [0.4, 0.5) is 10.5 Å². The molecule has 0 bridgehead atoms. The molecule has 3 aromatic carbocycles. The van der Waals surface area contributed by atoms with Gasteiger partial charge in [0.2, 0.25) is 5.91 Å². The number of nitrogens with one attached hydrogen (secondary N) is 1. The molecule has 0 aromatic heterocycles. The lowest BCUT2D eigenvalue weighted by atomic mass is 10.1. The molecule has 3 aromatic rings. The van der Waals surface area contributed by atoms with Crippen LogP contribution in [0.15, 0.2) is 65.6 Å². The zero-order chi connectivity index (χ0) is 30.2. The molecule has 42 heavy (non-hydrogen) atoms. The molecule has 0 saturated carbocycles. The second kappa shape index (κ2) is 13.9. The Kier molecular flexibility index (Phi) is 10.1. The van der Waals surface area contributed by atoms with Gasteiger partial charge in [0.05, 0.1) is 28.7 Å². The van der Waals surface area contributed by atoms with E-state index in [4.69, 9.17) is 30.9 Å². The van der Waals surface area contributed by atoms with Crippen molar-refractivity contribution in [3.05, 3.63) is 87.3 Å². The number of amides is 3. The first-order valence-electron chi connectivity index (χ1n) is 12.9. The van der Waals surface area contributed by atoms with Gasteiger partial charge < -0.3 is 24.6 Å². The van der Waals surface area contributed by atoms with Crippen LogP contribution in [0, 0.1) is 0 Å². The zero-order valence-electron chi connectivity index (χ0n) is 22.7. The number of imide groups is 1. The summed E-state index contributed by atoms with van der Waals surface area (Å²) in [5.41, 5.74) is 1.88. The van der Waals surface area contributed by atoms with Gasteiger partial charge in [0.15, 0.2) is 11.5 Å². The second-order valence-electron chi connectivity index (χ2n) is 8.83. The van der Waals surface area contributed by atoms with E-state index in [-0.39, 0.29) is 27.8 Å². The molecule has 1 saturated heterocycles. The van der Waals surface area contributed by atoms with Crippen LogP contribution in [0.25, 0.3) is 6.08 Å². The maximum absolute atomic E-state index is 13.0. The van der Waals surface area contributed by atoms with Crippen LogP contribution in [0.1, 0.15) is 35.3 Å². The Balaban J connectivity index is 1.44. The summed E-state index contributed by atoms with van der Waals surface area (Å²) in [7, 11) is 0. The van der Waals surface area contributed by atoms with Crippen LogP contribution in [0.3, 0.4) is 0 Å². The molecule has 0 aliphatic carbocycles. The molecule has 0 atom stereocenters. The van der Waals surface area contributed by atoms with Gasteiger partial charge in [-0.2, -0.15) is 0 Å². The van der Waals surface area contributed by atoms with Crippen molar-refractivity contribution in [1.82, 2.24) is 4.90 Å². The predicted molar refractivity (Wildman–Crippen MR) is 159 cm³/mol. The monoisotopic (exact) mass is 610 g/mol. The number of benzene rings is 3. The number of carboxylic acid groups (broad SMARTS) is 1. The maximum Gasteiger partial charge on any atom is 0.335 e. The normalized spacial score (nSPS) is 13.8. The maximum atomic E-state index is 13.0. The van der Waals surface area contributed by atoms with Gasteiger partial charge in [-0.3, -0.25) is 19.3 Å². The molecule has 12 heteroatoms. The largest absolute Gasteiger partial charge is 0.494 e. The number of hydrogen-bond donors (Lipinski definition) is 2. The number of carboxylic acids is 1. The van der Waals surface area contributed by atoms with E-state index >= 15 is 0 Å². The Morgan fingerprint density at radius 1 is 0.976 bits per heavy atom. The molecule has 218 valence electrons. The SMILES string of the molecule is CCOc1ccc(NC(=O)CN2C(=O)S/C(=C/c3cc(Cl)c(OCc4ccc(C(=O)O)cc4)c(OCC)c3)C2=O)cc1. The van der Waals surface area contributed by atoms with E-state index in [9.17, 15) is 19.2 Å². The second-order valence-corrected chi connectivity index (χ2v) is 10.2. The lowest BCUT2D eigenvalue weighted by molar-refractivity contribution is -0.127. The van der Waals surface area contributed by atoms with E-state index in [1.807, 2.05) is 6.92 Å². The van der Waals surface area contributed by atoms with Gasteiger partial charge >= 0.3 is 5.97 Å². The van der Waals surface area contributed by atoms with Crippen molar-refractivity contribution in [3.63, 3.8) is 0 Å². The number of thioether (sulfide) groups is 1. The average Bonchev–Trinajstić information content (AvgIpc) is 3.21. The minimum Gasteiger partial charge on any atom is -0.494 e. The van der Waals surface area contributed by atoms with Gasteiger partial charge in [0, 0.05) is 5.69 Å². The molecular formula is C30H27ClN2O8S. The van der Waals surface area contributed by atoms with Gasteiger partial charge in [-0.1, -0.05) is 23.7 Å². The van der Waals surface area contributed by atoms with E-state index in [0.717, 1.165) is 22.2 Å². The third-order valence-electron chi connectivity index (χ3n) is 5.84. The molecule has 2 N–H and O–H groups in total. The molecule has 3 amide bonds. The fraction of sp³-hybridized carbons (Fsp3) is 0.200. The number of halogens is 1. The Morgan fingerprint density at radius 2 is 1.67 bits per heavy atom. The predicted octanol–water partition coefficient (Wildman–Crippen LogP) is 6.09. The highest BCUT2D eigenvalue weighted by molar-refractivity contribution is 8.18. The summed E-state index contributed by atoms with van der Waals surface area (Å²) in [4.78, 5) is 50.2. The highest BCUT2D eigenvalue weighted by atomic mass is 35.5. The minimum atomic E-state index is -1.02. The molecule has 10 nitrogen and oxygen atoms in total. The number of nitrogens with zero attached hydrogens (tertiary/aromatic N) is 1. The fourth-order valence-corrected chi connectivity index (χ4v) is 5.02. The molecule has 1 heterocycles. The molecule has 0 spiro atoms. The molecular weight excluding hydrogens is 584 g/mol. The Bertz CT molecular complexity index is 1520. The van der Waals surface area contributed by atoms with Crippen molar-refractivity contribution in [3.8, 4) is 17.2 Å². The lowest BCUT2D eigenvalue weighted by Crippen LogP contribution is -2.36. The smallest absolute Gasteiger partial charge is 0.335 e. The molecule has 0 radical (unpaired) electrons. The number of aromatic carboxylic acids is 1. The van der Waals surface area contributed by atoms with Crippen molar-refractivity contribution in [2.24, 2.45) is 0 Å². The molecule has 1 aliphatic heterocycles. The Morgan fingerprint density at radius 3 is 2.31 bits per heavy atom. The number of anilines is 1. The van der Waals surface area contributed by atoms with Gasteiger partial charge in [-0.15, -0.1) is 0 Å².